The van der Waals surface area contributed by atoms with E-state index in [-0.39, 0.29) is 23.7 Å². The van der Waals surface area contributed by atoms with Gasteiger partial charge in [-0.1, -0.05) is 0 Å². The normalized spacial score (nSPS) is 11.3. The SMILES string of the molecule is COc1ncccc1C(=O)NCCS(=O)(=O)Nc1ccn2nccc2c1. The summed E-state index contributed by atoms with van der Waals surface area (Å²) in [6.07, 6.45) is 4.78. The molecule has 0 aromatic carbocycles. The summed E-state index contributed by atoms with van der Waals surface area (Å²) in [5.41, 5.74) is 1.44. The zero-order chi connectivity index (χ0) is 18.6. The molecule has 0 unspecified atom stereocenters. The molecule has 0 aliphatic carbocycles. The molecule has 0 bridgehead atoms. The third-order valence-corrected chi connectivity index (χ3v) is 4.83. The highest BCUT2D eigenvalue weighted by atomic mass is 32.2. The number of nitrogens with zero attached hydrogens (tertiary/aromatic N) is 3. The first-order valence-corrected chi connectivity index (χ1v) is 9.35. The highest BCUT2D eigenvalue weighted by molar-refractivity contribution is 7.92. The van der Waals surface area contributed by atoms with E-state index in [0.29, 0.717) is 5.69 Å². The van der Waals surface area contributed by atoms with Gasteiger partial charge in [0.2, 0.25) is 15.9 Å². The largest absolute Gasteiger partial charge is 0.480 e. The number of pyridine rings is 2. The van der Waals surface area contributed by atoms with Crippen molar-refractivity contribution in [1.29, 1.82) is 0 Å². The highest BCUT2D eigenvalue weighted by Gasteiger charge is 2.15. The van der Waals surface area contributed by atoms with Crippen molar-refractivity contribution in [3.8, 4) is 5.88 Å². The van der Waals surface area contributed by atoms with Crippen LogP contribution in [0.2, 0.25) is 0 Å². The van der Waals surface area contributed by atoms with Crippen molar-refractivity contribution in [1.82, 2.24) is 19.9 Å². The molecule has 0 spiro atoms. The molecule has 3 heterocycles. The van der Waals surface area contributed by atoms with E-state index >= 15 is 0 Å². The van der Waals surface area contributed by atoms with Gasteiger partial charge in [0, 0.05) is 25.1 Å². The first-order chi connectivity index (χ1) is 12.5. The zero-order valence-corrected chi connectivity index (χ0v) is 14.7. The number of carbonyl (C=O) groups is 1. The average Bonchev–Trinajstić information content (AvgIpc) is 3.08. The standard InChI is InChI=1S/C16H17N5O4S/c1-25-16-14(3-2-6-18-16)15(22)17-8-10-26(23,24)20-12-5-9-21-13(11-12)4-7-19-21/h2-7,9,11,20H,8,10H2,1H3,(H,17,22). The lowest BCUT2D eigenvalue weighted by Crippen LogP contribution is -2.31. The van der Waals surface area contributed by atoms with E-state index in [2.05, 4.69) is 20.1 Å². The molecule has 2 N–H and O–H groups in total. The van der Waals surface area contributed by atoms with E-state index < -0.39 is 15.9 Å². The van der Waals surface area contributed by atoms with E-state index in [9.17, 15) is 13.2 Å². The van der Waals surface area contributed by atoms with Crippen molar-refractivity contribution in [2.75, 3.05) is 24.1 Å². The number of sulfonamides is 1. The molecule has 3 rings (SSSR count). The molecule has 136 valence electrons. The number of aromatic nitrogens is 3. The predicted molar refractivity (Wildman–Crippen MR) is 95.7 cm³/mol. The Morgan fingerprint density at radius 2 is 2.12 bits per heavy atom. The molecule has 0 fully saturated rings. The molecule has 0 aliphatic heterocycles. The maximum Gasteiger partial charge on any atom is 0.256 e. The Morgan fingerprint density at radius 3 is 2.92 bits per heavy atom. The van der Waals surface area contributed by atoms with Crippen molar-refractivity contribution >= 4 is 27.1 Å². The molecule has 3 aromatic rings. The van der Waals surface area contributed by atoms with Gasteiger partial charge >= 0.3 is 0 Å². The summed E-state index contributed by atoms with van der Waals surface area (Å²) in [7, 11) is -2.21. The lowest BCUT2D eigenvalue weighted by Gasteiger charge is -2.10. The topological polar surface area (TPSA) is 115 Å². The lowest BCUT2D eigenvalue weighted by atomic mass is 10.2. The van der Waals surface area contributed by atoms with E-state index in [0.717, 1.165) is 5.52 Å². The minimum Gasteiger partial charge on any atom is -0.480 e. The van der Waals surface area contributed by atoms with Gasteiger partial charge in [-0.05, 0) is 30.3 Å². The van der Waals surface area contributed by atoms with Crippen LogP contribution in [-0.4, -0.2) is 48.3 Å². The van der Waals surface area contributed by atoms with Crippen LogP contribution in [0.3, 0.4) is 0 Å². The molecule has 10 heteroatoms. The van der Waals surface area contributed by atoms with Crippen LogP contribution >= 0.6 is 0 Å². The van der Waals surface area contributed by atoms with Crippen LogP contribution in [0.15, 0.2) is 48.9 Å². The van der Waals surface area contributed by atoms with E-state index in [1.165, 1.54) is 13.3 Å². The Hall–Kier alpha value is -3.14. The van der Waals surface area contributed by atoms with Gasteiger partial charge in [-0.25, -0.2) is 17.9 Å². The van der Waals surface area contributed by atoms with Crippen LogP contribution < -0.4 is 14.8 Å². The van der Waals surface area contributed by atoms with Crippen LogP contribution in [0.25, 0.3) is 5.52 Å². The summed E-state index contributed by atoms with van der Waals surface area (Å²) < 4.78 is 33.5. The van der Waals surface area contributed by atoms with Gasteiger partial charge in [0.25, 0.3) is 5.91 Å². The molecule has 0 radical (unpaired) electrons. The molecular weight excluding hydrogens is 358 g/mol. The number of nitrogens with one attached hydrogen (secondary N) is 2. The molecule has 0 atom stereocenters. The summed E-state index contributed by atoms with van der Waals surface area (Å²) in [6.45, 7) is -0.0544. The number of hydrogen-bond acceptors (Lipinski definition) is 6. The number of rotatable bonds is 7. The van der Waals surface area contributed by atoms with Gasteiger partial charge in [0.15, 0.2) is 0 Å². The van der Waals surface area contributed by atoms with Crippen molar-refractivity contribution < 1.29 is 17.9 Å². The molecule has 0 saturated carbocycles. The van der Waals surface area contributed by atoms with Crippen LogP contribution in [0, 0.1) is 0 Å². The quantitative estimate of drug-likeness (QED) is 0.634. The Bertz CT molecular complexity index is 1030. The van der Waals surface area contributed by atoms with Crippen molar-refractivity contribution in [2.24, 2.45) is 0 Å². The van der Waals surface area contributed by atoms with Crippen LogP contribution in [0.5, 0.6) is 5.88 Å². The first kappa shape index (κ1) is 17.7. The number of methoxy groups -OCH3 is 1. The molecule has 1 amide bonds. The number of amides is 1. The third-order valence-electron chi connectivity index (χ3n) is 3.54. The molecule has 0 saturated heterocycles. The Labute approximate surface area is 150 Å². The Balaban J connectivity index is 1.58. The summed E-state index contributed by atoms with van der Waals surface area (Å²) in [5, 5.41) is 6.59. The van der Waals surface area contributed by atoms with Gasteiger partial charge in [-0.2, -0.15) is 5.10 Å². The number of carbonyl (C=O) groups excluding carboxylic acids is 1. The van der Waals surface area contributed by atoms with E-state index in [4.69, 9.17) is 4.74 Å². The molecule has 9 nitrogen and oxygen atoms in total. The maximum absolute atomic E-state index is 12.2. The third kappa shape index (κ3) is 4.09. The summed E-state index contributed by atoms with van der Waals surface area (Å²) >= 11 is 0. The monoisotopic (exact) mass is 375 g/mol. The summed E-state index contributed by atoms with van der Waals surface area (Å²) in [6, 6.07) is 8.19. The van der Waals surface area contributed by atoms with E-state index in [1.54, 1.807) is 47.2 Å². The van der Waals surface area contributed by atoms with Crippen LogP contribution in [-0.2, 0) is 10.0 Å². The van der Waals surface area contributed by atoms with Crippen molar-refractivity contribution in [2.45, 2.75) is 0 Å². The highest BCUT2D eigenvalue weighted by Crippen LogP contribution is 2.14. The molecule has 0 aliphatic rings. The fourth-order valence-electron chi connectivity index (χ4n) is 2.34. The Kier molecular flexibility index (Phi) is 5.03. The number of hydrogen-bond donors (Lipinski definition) is 2. The molecule has 3 aromatic heterocycles. The Morgan fingerprint density at radius 1 is 1.27 bits per heavy atom. The second-order valence-electron chi connectivity index (χ2n) is 5.35. The second-order valence-corrected chi connectivity index (χ2v) is 7.20. The minimum absolute atomic E-state index is 0.0544. The molecule has 26 heavy (non-hydrogen) atoms. The average molecular weight is 375 g/mol. The number of fused-ring (bicyclic) bond motifs is 1. The number of anilines is 1. The second kappa shape index (κ2) is 7.40. The van der Waals surface area contributed by atoms with Gasteiger partial charge in [0.05, 0.1) is 24.1 Å². The van der Waals surface area contributed by atoms with E-state index in [1.807, 2.05) is 0 Å². The van der Waals surface area contributed by atoms with Crippen molar-refractivity contribution in [3.63, 3.8) is 0 Å². The fourth-order valence-corrected chi connectivity index (χ4v) is 3.30. The van der Waals surface area contributed by atoms with Gasteiger partial charge in [-0.15, -0.1) is 0 Å². The predicted octanol–water partition coefficient (Wildman–Crippen LogP) is 0.910. The fraction of sp³-hybridized carbons (Fsp3) is 0.188. The zero-order valence-electron chi connectivity index (χ0n) is 13.9. The summed E-state index contributed by atoms with van der Waals surface area (Å²) in [5.74, 6) is -0.544. The van der Waals surface area contributed by atoms with Gasteiger partial charge < -0.3 is 10.1 Å². The smallest absolute Gasteiger partial charge is 0.256 e. The first-order valence-electron chi connectivity index (χ1n) is 7.69. The summed E-state index contributed by atoms with van der Waals surface area (Å²) in [4.78, 5) is 16.1. The van der Waals surface area contributed by atoms with Gasteiger partial charge in [0.1, 0.15) is 5.56 Å². The molecular formula is C16H17N5O4S. The minimum atomic E-state index is -3.62. The van der Waals surface area contributed by atoms with Crippen molar-refractivity contribution in [3.05, 3.63) is 54.5 Å². The van der Waals surface area contributed by atoms with Crippen LogP contribution in [0.1, 0.15) is 10.4 Å². The van der Waals surface area contributed by atoms with Gasteiger partial charge in [-0.3, -0.25) is 9.52 Å². The lowest BCUT2D eigenvalue weighted by molar-refractivity contribution is 0.0952. The maximum atomic E-state index is 12.2. The van der Waals surface area contributed by atoms with Crippen LogP contribution in [0.4, 0.5) is 5.69 Å². The number of ether oxygens (including phenoxy) is 1.